The van der Waals surface area contributed by atoms with Gasteiger partial charge in [0.2, 0.25) is 0 Å². The van der Waals surface area contributed by atoms with Crippen LogP contribution in [0.25, 0.3) is 0 Å². The predicted octanol–water partition coefficient (Wildman–Crippen LogP) is 1.26. The van der Waals surface area contributed by atoms with Crippen molar-refractivity contribution in [1.82, 2.24) is 15.1 Å². The first-order valence-corrected chi connectivity index (χ1v) is 6.43. The van der Waals surface area contributed by atoms with E-state index >= 15 is 0 Å². The first kappa shape index (κ1) is 11.3. The van der Waals surface area contributed by atoms with Gasteiger partial charge in [-0.05, 0) is 35.4 Å². The minimum atomic E-state index is 0.433. The van der Waals surface area contributed by atoms with Crippen LogP contribution in [0.1, 0.15) is 12.8 Å². The monoisotopic (exact) mass is 321 g/mol. The summed E-state index contributed by atoms with van der Waals surface area (Å²) in [5, 5.41) is 7.62. The van der Waals surface area contributed by atoms with Gasteiger partial charge in [-0.25, -0.2) is 0 Å². The Labute approximate surface area is 104 Å². The van der Waals surface area contributed by atoms with E-state index in [1.165, 1.54) is 16.4 Å². The van der Waals surface area contributed by atoms with Crippen LogP contribution in [0, 0.1) is 3.57 Å². The molecule has 1 aliphatic heterocycles. The topological polar surface area (TPSA) is 39.1 Å². The van der Waals surface area contributed by atoms with Gasteiger partial charge in [0.15, 0.2) is 0 Å². The van der Waals surface area contributed by atoms with Gasteiger partial charge < -0.3 is 10.1 Å². The Hall–Kier alpha value is -0.140. The van der Waals surface area contributed by atoms with Crippen molar-refractivity contribution in [1.29, 1.82) is 0 Å². The van der Waals surface area contributed by atoms with Gasteiger partial charge in [0.1, 0.15) is 0 Å². The summed E-state index contributed by atoms with van der Waals surface area (Å²) in [5.74, 6) is 0. The molecule has 84 valence electrons. The van der Waals surface area contributed by atoms with Crippen molar-refractivity contribution in [2.45, 2.75) is 25.5 Å². The van der Waals surface area contributed by atoms with Gasteiger partial charge >= 0.3 is 0 Å². The summed E-state index contributed by atoms with van der Waals surface area (Å²) in [7, 11) is 0. The second-order valence-corrected chi connectivity index (χ2v) is 5.01. The van der Waals surface area contributed by atoms with Crippen LogP contribution in [0.15, 0.2) is 12.4 Å². The number of nitrogens with one attached hydrogen (secondary N) is 1. The fourth-order valence-electron chi connectivity index (χ4n) is 1.72. The van der Waals surface area contributed by atoms with Crippen LogP contribution < -0.4 is 5.32 Å². The fourth-order valence-corrected chi connectivity index (χ4v) is 2.17. The Morgan fingerprint density at radius 1 is 1.67 bits per heavy atom. The number of rotatable bonds is 5. The number of hydrogen-bond donors (Lipinski definition) is 1. The van der Waals surface area contributed by atoms with E-state index in [9.17, 15) is 0 Å². The summed E-state index contributed by atoms with van der Waals surface area (Å²) in [5.41, 5.74) is 0. The number of nitrogens with zero attached hydrogens (tertiary/aromatic N) is 2. The maximum absolute atomic E-state index is 5.52. The van der Waals surface area contributed by atoms with Crippen molar-refractivity contribution in [3.05, 3.63) is 16.0 Å². The summed E-state index contributed by atoms with van der Waals surface area (Å²) in [6.07, 6.45) is 6.77. The average Bonchev–Trinajstić information content (AvgIpc) is 2.84. The van der Waals surface area contributed by atoms with E-state index in [4.69, 9.17) is 4.74 Å². The molecule has 0 amide bonds. The maximum atomic E-state index is 5.52. The van der Waals surface area contributed by atoms with Gasteiger partial charge in [0.25, 0.3) is 0 Å². The molecule has 0 radical (unpaired) electrons. The molecular formula is C10H16IN3O. The average molecular weight is 321 g/mol. The zero-order chi connectivity index (χ0) is 10.5. The Morgan fingerprint density at radius 3 is 3.27 bits per heavy atom. The molecule has 5 heteroatoms. The van der Waals surface area contributed by atoms with E-state index in [0.29, 0.717) is 6.10 Å². The standard InChI is InChI=1S/C10H16IN3O/c11-9-6-13-14(8-9)4-3-12-7-10-2-1-5-15-10/h6,8,10,12H,1-5,7H2. The molecule has 0 aromatic carbocycles. The van der Waals surface area contributed by atoms with Crippen molar-refractivity contribution < 1.29 is 4.74 Å². The summed E-state index contributed by atoms with van der Waals surface area (Å²) >= 11 is 2.27. The highest BCUT2D eigenvalue weighted by atomic mass is 127. The molecular weight excluding hydrogens is 305 g/mol. The van der Waals surface area contributed by atoms with Crippen LogP contribution in [0.3, 0.4) is 0 Å². The largest absolute Gasteiger partial charge is 0.377 e. The van der Waals surface area contributed by atoms with Crippen LogP contribution in [-0.2, 0) is 11.3 Å². The highest BCUT2D eigenvalue weighted by molar-refractivity contribution is 14.1. The number of aromatic nitrogens is 2. The van der Waals surface area contributed by atoms with Crippen molar-refractivity contribution in [3.63, 3.8) is 0 Å². The van der Waals surface area contributed by atoms with E-state index in [1.54, 1.807) is 0 Å². The summed E-state index contributed by atoms with van der Waals surface area (Å²) in [4.78, 5) is 0. The molecule has 1 atom stereocenters. The maximum Gasteiger partial charge on any atom is 0.0700 e. The molecule has 1 aliphatic rings. The zero-order valence-electron chi connectivity index (χ0n) is 8.66. The highest BCUT2D eigenvalue weighted by Crippen LogP contribution is 2.10. The van der Waals surface area contributed by atoms with Gasteiger partial charge in [0, 0.05) is 25.9 Å². The lowest BCUT2D eigenvalue weighted by atomic mass is 10.2. The van der Waals surface area contributed by atoms with E-state index in [0.717, 1.165) is 26.2 Å². The van der Waals surface area contributed by atoms with Crippen LogP contribution in [-0.4, -0.2) is 35.6 Å². The third-order valence-electron chi connectivity index (χ3n) is 2.52. The Balaban J connectivity index is 1.58. The van der Waals surface area contributed by atoms with Crippen molar-refractivity contribution in [3.8, 4) is 0 Å². The van der Waals surface area contributed by atoms with Gasteiger partial charge in [-0.1, -0.05) is 0 Å². The van der Waals surface area contributed by atoms with Crippen LogP contribution >= 0.6 is 22.6 Å². The molecule has 4 nitrogen and oxygen atoms in total. The molecule has 0 aliphatic carbocycles. The van der Waals surface area contributed by atoms with Gasteiger partial charge in [-0.15, -0.1) is 0 Å². The molecule has 1 unspecified atom stereocenters. The van der Waals surface area contributed by atoms with Gasteiger partial charge in [-0.2, -0.15) is 5.10 Å². The van der Waals surface area contributed by atoms with E-state index < -0.39 is 0 Å². The van der Waals surface area contributed by atoms with Gasteiger partial charge in [0.05, 0.1) is 22.4 Å². The van der Waals surface area contributed by atoms with E-state index in [-0.39, 0.29) is 0 Å². The Bertz CT molecular complexity index is 297. The minimum Gasteiger partial charge on any atom is -0.377 e. The van der Waals surface area contributed by atoms with Crippen molar-refractivity contribution in [2.24, 2.45) is 0 Å². The molecule has 0 saturated carbocycles. The van der Waals surface area contributed by atoms with E-state index in [2.05, 4.69) is 33.0 Å². The zero-order valence-corrected chi connectivity index (χ0v) is 10.8. The molecule has 1 saturated heterocycles. The normalized spacial score (nSPS) is 21.0. The van der Waals surface area contributed by atoms with E-state index in [1.807, 2.05) is 17.1 Å². The minimum absolute atomic E-state index is 0.433. The van der Waals surface area contributed by atoms with Crippen molar-refractivity contribution in [2.75, 3.05) is 19.7 Å². The molecule has 2 rings (SSSR count). The second-order valence-electron chi connectivity index (χ2n) is 3.76. The molecule has 15 heavy (non-hydrogen) atoms. The third kappa shape index (κ3) is 3.73. The predicted molar refractivity (Wildman–Crippen MR) is 66.8 cm³/mol. The van der Waals surface area contributed by atoms with Crippen LogP contribution in [0.5, 0.6) is 0 Å². The molecule has 1 fully saturated rings. The molecule has 0 bridgehead atoms. The summed E-state index contributed by atoms with van der Waals surface area (Å²) in [6.45, 7) is 3.79. The van der Waals surface area contributed by atoms with Gasteiger partial charge in [-0.3, -0.25) is 4.68 Å². The fraction of sp³-hybridized carbons (Fsp3) is 0.700. The number of ether oxygens (including phenoxy) is 1. The molecule has 1 aromatic heterocycles. The van der Waals surface area contributed by atoms with Crippen LogP contribution in [0.4, 0.5) is 0 Å². The number of halogens is 1. The van der Waals surface area contributed by atoms with Crippen LogP contribution in [0.2, 0.25) is 0 Å². The lowest BCUT2D eigenvalue weighted by Gasteiger charge is -2.10. The molecule has 0 spiro atoms. The second kappa shape index (κ2) is 5.81. The molecule has 1 aromatic rings. The SMILES string of the molecule is Ic1cnn(CCNCC2CCCO2)c1. The summed E-state index contributed by atoms with van der Waals surface area (Å²) in [6, 6.07) is 0. The lowest BCUT2D eigenvalue weighted by molar-refractivity contribution is 0.110. The third-order valence-corrected chi connectivity index (χ3v) is 3.07. The quantitative estimate of drug-likeness (QED) is 0.655. The number of hydrogen-bond acceptors (Lipinski definition) is 3. The Kier molecular flexibility index (Phi) is 4.40. The molecule has 1 N–H and O–H groups in total. The smallest absolute Gasteiger partial charge is 0.0700 e. The van der Waals surface area contributed by atoms with Crippen molar-refractivity contribution >= 4 is 22.6 Å². The highest BCUT2D eigenvalue weighted by Gasteiger charge is 2.14. The first-order valence-electron chi connectivity index (χ1n) is 5.35. The first-order chi connectivity index (χ1) is 7.34. The summed E-state index contributed by atoms with van der Waals surface area (Å²) < 4.78 is 8.67. The molecule has 2 heterocycles. The lowest BCUT2D eigenvalue weighted by Crippen LogP contribution is -2.29. The Morgan fingerprint density at radius 2 is 2.60 bits per heavy atom.